The van der Waals surface area contributed by atoms with Crippen LogP contribution in [0.25, 0.3) is 11.1 Å². The monoisotopic (exact) mass is 394 g/mol. The highest BCUT2D eigenvalue weighted by atomic mass is 16.5. The van der Waals surface area contributed by atoms with E-state index in [4.69, 9.17) is 10.5 Å². The van der Waals surface area contributed by atoms with Gasteiger partial charge in [0, 0.05) is 49.5 Å². The number of carbonyl (C=O) groups is 2. The van der Waals surface area contributed by atoms with Gasteiger partial charge < -0.3 is 20.3 Å². The molecule has 7 heteroatoms. The summed E-state index contributed by atoms with van der Waals surface area (Å²) in [5.74, 6) is -0.0514. The standard InChI is InChI=1S/C22H26N4O3/c1-14-11-19(23)18-12-16(4-6-21(18)26(14)15(2)27)17-3-5-20(24-13-17)22(28)25-7-9-29-10-8-25/h3-6,12-14,19H,7-11,23H2,1-2H3/t14-,19+/m0/s1. The Morgan fingerprint density at radius 2 is 1.86 bits per heavy atom. The largest absolute Gasteiger partial charge is 0.378 e. The molecule has 2 aromatic rings. The molecule has 2 aliphatic heterocycles. The summed E-state index contributed by atoms with van der Waals surface area (Å²) in [6, 6.07) is 9.58. The highest BCUT2D eigenvalue weighted by molar-refractivity contribution is 5.94. The second-order valence-electron chi connectivity index (χ2n) is 7.69. The van der Waals surface area contributed by atoms with Crippen molar-refractivity contribution in [3.05, 3.63) is 47.8 Å². The maximum atomic E-state index is 12.6. The molecule has 2 atom stereocenters. The molecule has 2 amide bonds. The summed E-state index contributed by atoms with van der Waals surface area (Å²) in [6.45, 7) is 5.92. The highest BCUT2D eigenvalue weighted by Crippen LogP contribution is 2.38. The van der Waals surface area contributed by atoms with Crippen molar-refractivity contribution in [2.45, 2.75) is 32.4 Å². The molecule has 4 rings (SSSR count). The van der Waals surface area contributed by atoms with Gasteiger partial charge in [-0.15, -0.1) is 0 Å². The van der Waals surface area contributed by atoms with Crippen molar-refractivity contribution >= 4 is 17.5 Å². The first kappa shape index (κ1) is 19.5. The summed E-state index contributed by atoms with van der Waals surface area (Å²) in [5, 5.41) is 0. The quantitative estimate of drug-likeness (QED) is 0.845. The van der Waals surface area contributed by atoms with Crippen molar-refractivity contribution in [1.29, 1.82) is 0 Å². The fraction of sp³-hybridized carbons (Fsp3) is 0.409. The smallest absolute Gasteiger partial charge is 0.272 e. The minimum Gasteiger partial charge on any atom is -0.378 e. The van der Waals surface area contributed by atoms with Crippen LogP contribution < -0.4 is 10.6 Å². The summed E-state index contributed by atoms with van der Waals surface area (Å²) < 4.78 is 5.30. The van der Waals surface area contributed by atoms with E-state index in [2.05, 4.69) is 4.98 Å². The van der Waals surface area contributed by atoms with Crippen LogP contribution in [0.15, 0.2) is 36.5 Å². The Morgan fingerprint density at radius 3 is 2.52 bits per heavy atom. The van der Waals surface area contributed by atoms with Gasteiger partial charge in [0.2, 0.25) is 5.91 Å². The molecule has 29 heavy (non-hydrogen) atoms. The SMILES string of the molecule is CC(=O)N1c2ccc(-c3ccc(C(=O)N4CCOCC4)nc3)cc2[C@H](N)C[C@@H]1C. The van der Waals surface area contributed by atoms with E-state index < -0.39 is 0 Å². The van der Waals surface area contributed by atoms with Crippen LogP contribution in [0.5, 0.6) is 0 Å². The molecule has 1 aromatic heterocycles. The molecule has 0 unspecified atom stereocenters. The van der Waals surface area contributed by atoms with Gasteiger partial charge in [0.15, 0.2) is 0 Å². The number of anilines is 1. The zero-order chi connectivity index (χ0) is 20.5. The number of hydrogen-bond acceptors (Lipinski definition) is 5. The molecule has 0 saturated carbocycles. The molecular formula is C22H26N4O3. The molecular weight excluding hydrogens is 368 g/mol. The Kier molecular flexibility index (Phi) is 5.34. The molecule has 3 heterocycles. The summed E-state index contributed by atoms with van der Waals surface area (Å²) in [6.07, 6.45) is 2.44. The number of rotatable bonds is 2. The number of carbonyl (C=O) groups excluding carboxylic acids is 2. The number of aromatic nitrogens is 1. The van der Waals surface area contributed by atoms with E-state index in [0.29, 0.717) is 32.0 Å². The lowest BCUT2D eigenvalue weighted by Gasteiger charge is -2.37. The Labute approximate surface area is 170 Å². The predicted molar refractivity (Wildman–Crippen MR) is 111 cm³/mol. The number of nitrogens with zero attached hydrogens (tertiary/aromatic N) is 3. The molecule has 152 valence electrons. The number of fused-ring (bicyclic) bond motifs is 1. The average molecular weight is 394 g/mol. The lowest BCUT2D eigenvalue weighted by molar-refractivity contribution is -0.117. The fourth-order valence-corrected chi connectivity index (χ4v) is 4.19. The van der Waals surface area contributed by atoms with Crippen LogP contribution in [0.4, 0.5) is 5.69 Å². The van der Waals surface area contributed by atoms with Gasteiger partial charge in [0.1, 0.15) is 5.69 Å². The van der Waals surface area contributed by atoms with Gasteiger partial charge in [-0.2, -0.15) is 0 Å². The topological polar surface area (TPSA) is 88.8 Å². The molecule has 0 bridgehead atoms. The van der Waals surface area contributed by atoms with Crippen molar-refractivity contribution in [2.75, 3.05) is 31.2 Å². The normalized spacial score (nSPS) is 21.6. The average Bonchev–Trinajstić information content (AvgIpc) is 2.73. The van der Waals surface area contributed by atoms with Crippen LogP contribution in [-0.2, 0) is 9.53 Å². The van der Waals surface area contributed by atoms with E-state index in [1.54, 1.807) is 24.1 Å². The Hall–Kier alpha value is -2.77. The number of ether oxygens (including phenoxy) is 1. The second-order valence-corrected chi connectivity index (χ2v) is 7.69. The number of morpholine rings is 1. The summed E-state index contributed by atoms with van der Waals surface area (Å²) >= 11 is 0. The fourth-order valence-electron chi connectivity index (χ4n) is 4.19. The number of hydrogen-bond donors (Lipinski definition) is 1. The van der Waals surface area contributed by atoms with Crippen LogP contribution in [0.3, 0.4) is 0 Å². The molecule has 2 aliphatic rings. The number of nitrogens with two attached hydrogens (primary N) is 1. The summed E-state index contributed by atoms with van der Waals surface area (Å²) in [4.78, 5) is 32.6. The third-order valence-electron chi connectivity index (χ3n) is 5.68. The van der Waals surface area contributed by atoms with Crippen LogP contribution in [0.1, 0.15) is 42.4 Å². The maximum absolute atomic E-state index is 12.6. The molecule has 1 fully saturated rings. The van der Waals surface area contributed by atoms with E-state index in [9.17, 15) is 9.59 Å². The van der Waals surface area contributed by atoms with Crippen molar-refractivity contribution in [2.24, 2.45) is 5.73 Å². The van der Waals surface area contributed by atoms with E-state index >= 15 is 0 Å². The van der Waals surface area contributed by atoms with Crippen molar-refractivity contribution < 1.29 is 14.3 Å². The summed E-state index contributed by atoms with van der Waals surface area (Å²) in [7, 11) is 0. The number of pyridine rings is 1. The predicted octanol–water partition coefficient (Wildman–Crippen LogP) is 2.37. The lowest BCUT2D eigenvalue weighted by atomic mass is 9.90. The van der Waals surface area contributed by atoms with E-state index in [0.717, 1.165) is 28.8 Å². The molecule has 1 aromatic carbocycles. The number of benzene rings is 1. The molecule has 1 saturated heterocycles. The van der Waals surface area contributed by atoms with Gasteiger partial charge in [0.05, 0.1) is 13.2 Å². The van der Waals surface area contributed by atoms with Crippen molar-refractivity contribution in [3.8, 4) is 11.1 Å². The Bertz CT molecular complexity index is 922. The van der Waals surface area contributed by atoms with E-state index in [1.165, 1.54) is 0 Å². The highest BCUT2D eigenvalue weighted by Gasteiger charge is 2.30. The van der Waals surface area contributed by atoms with Crippen LogP contribution in [0.2, 0.25) is 0 Å². The van der Waals surface area contributed by atoms with E-state index in [1.807, 2.05) is 36.1 Å². The zero-order valence-corrected chi connectivity index (χ0v) is 16.8. The van der Waals surface area contributed by atoms with Gasteiger partial charge in [0.25, 0.3) is 5.91 Å². The summed E-state index contributed by atoms with van der Waals surface area (Å²) in [5.41, 5.74) is 10.5. The molecule has 0 aliphatic carbocycles. The minimum atomic E-state index is -0.120. The molecule has 0 radical (unpaired) electrons. The van der Waals surface area contributed by atoms with Gasteiger partial charge in [-0.1, -0.05) is 12.1 Å². The molecule has 2 N–H and O–H groups in total. The van der Waals surface area contributed by atoms with Gasteiger partial charge in [-0.05, 0) is 42.7 Å². The van der Waals surface area contributed by atoms with Crippen LogP contribution >= 0.6 is 0 Å². The van der Waals surface area contributed by atoms with Crippen LogP contribution in [-0.4, -0.2) is 54.0 Å². The third kappa shape index (κ3) is 3.75. The Balaban J connectivity index is 1.60. The third-order valence-corrected chi connectivity index (χ3v) is 5.68. The van der Waals surface area contributed by atoms with Crippen molar-refractivity contribution in [3.63, 3.8) is 0 Å². The minimum absolute atomic E-state index is 0.0195. The first-order chi connectivity index (χ1) is 14.0. The van der Waals surface area contributed by atoms with E-state index in [-0.39, 0.29) is 23.9 Å². The Morgan fingerprint density at radius 1 is 1.14 bits per heavy atom. The van der Waals surface area contributed by atoms with Gasteiger partial charge in [-0.25, -0.2) is 0 Å². The molecule has 0 spiro atoms. The zero-order valence-electron chi connectivity index (χ0n) is 16.8. The second kappa shape index (κ2) is 7.93. The molecule has 7 nitrogen and oxygen atoms in total. The van der Waals surface area contributed by atoms with Gasteiger partial charge in [-0.3, -0.25) is 14.6 Å². The first-order valence-corrected chi connectivity index (χ1v) is 9.98. The number of amides is 2. The van der Waals surface area contributed by atoms with Gasteiger partial charge >= 0.3 is 0 Å². The van der Waals surface area contributed by atoms with Crippen molar-refractivity contribution in [1.82, 2.24) is 9.88 Å². The first-order valence-electron chi connectivity index (χ1n) is 9.98. The maximum Gasteiger partial charge on any atom is 0.272 e. The van der Waals surface area contributed by atoms with Crippen LogP contribution in [0, 0.1) is 0 Å². The lowest BCUT2D eigenvalue weighted by Crippen LogP contribution is -2.43.